The van der Waals surface area contributed by atoms with Crippen LogP contribution in [-0.4, -0.2) is 6.61 Å². The van der Waals surface area contributed by atoms with Crippen molar-refractivity contribution in [2.24, 2.45) is 0 Å². The van der Waals surface area contributed by atoms with E-state index in [0.717, 1.165) is 22.6 Å². The monoisotopic (exact) mass is 241 g/mol. The predicted molar refractivity (Wildman–Crippen MR) is 72.8 cm³/mol. The summed E-state index contributed by atoms with van der Waals surface area (Å²) in [6.45, 7) is 7.04. The van der Waals surface area contributed by atoms with Gasteiger partial charge in [0.25, 0.3) is 0 Å². The third-order valence-electron chi connectivity index (χ3n) is 2.59. The van der Waals surface area contributed by atoms with Gasteiger partial charge in [-0.1, -0.05) is 42.5 Å². The van der Waals surface area contributed by atoms with Gasteiger partial charge in [0.05, 0.1) is 6.61 Å². The van der Waals surface area contributed by atoms with E-state index < -0.39 is 0 Å². The topological polar surface area (TPSA) is 18.5 Å². The smallest absolute Gasteiger partial charge is 0.164 e. The quantitative estimate of drug-likeness (QED) is 0.791. The summed E-state index contributed by atoms with van der Waals surface area (Å²) in [5.41, 5.74) is 1.98. The zero-order valence-electron chi connectivity index (χ0n) is 10.6. The minimum absolute atomic E-state index is 0.532. The molecule has 0 bridgehead atoms. The van der Waals surface area contributed by atoms with Crippen LogP contribution in [0.2, 0.25) is 0 Å². The lowest BCUT2D eigenvalue weighted by Gasteiger charge is -2.13. The molecule has 2 aromatic rings. The Bertz CT molecular complexity index is 492. The lowest BCUT2D eigenvalue weighted by molar-refractivity contribution is 0.268. The highest BCUT2D eigenvalue weighted by molar-refractivity contribution is 5.48. The zero-order valence-corrected chi connectivity index (χ0v) is 10.6. The van der Waals surface area contributed by atoms with Crippen molar-refractivity contribution in [1.29, 1.82) is 0 Å². The maximum Gasteiger partial charge on any atom is 0.164 e. The van der Waals surface area contributed by atoms with E-state index in [4.69, 9.17) is 9.47 Å². The van der Waals surface area contributed by atoms with E-state index in [0.29, 0.717) is 13.2 Å². The van der Waals surface area contributed by atoms with Crippen LogP contribution in [-0.2, 0) is 6.61 Å². The summed E-state index contributed by atoms with van der Waals surface area (Å²) in [4.78, 5) is 0. The second kappa shape index (κ2) is 6.10. The van der Waals surface area contributed by atoms with Crippen LogP contribution in [0.15, 0.2) is 48.5 Å². The molecule has 0 amide bonds. The van der Waals surface area contributed by atoms with Gasteiger partial charge in [0.2, 0.25) is 0 Å². The van der Waals surface area contributed by atoms with Crippen LogP contribution in [0.1, 0.15) is 18.1 Å². The third kappa shape index (κ3) is 3.04. The SMILES string of the molecule is [CH2]c1cccc(OCc2ccccc2)c1OCC. The van der Waals surface area contributed by atoms with Crippen molar-refractivity contribution in [1.82, 2.24) is 0 Å². The average Bonchev–Trinajstić information content (AvgIpc) is 2.41. The van der Waals surface area contributed by atoms with Gasteiger partial charge in [0.1, 0.15) is 6.61 Å². The first-order chi connectivity index (χ1) is 8.81. The van der Waals surface area contributed by atoms with Gasteiger partial charge >= 0.3 is 0 Å². The fourth-order valence-corrected chi connectivity index (χ4v) is 1.72. The Kier molecular flexibility index (Phi) is 4.24. The highest BCUT2D eigenvalue weighted by atomic mass is 16.5. The molecule has 0 unspecified atom stereocenters. The Morgan fingerprint density at radius 1 is 0.944 bits per heavy atom. The van der Waals surface area contributed by atoms with Gasteiger partial charge in [0, 0.05) is 0 Å². The van der Waals surface area contributed by atoms with Gasteiger partial charge in [-0.15, -0.1) is 0 Å². The third-order valence-corrected chi connectivity index (χ3v) is 2.59. The largest absolute Gasteiger partial charge is 0.490 e. The summed E-state index contributed by atoms with van der Waals surface area (Å²) in [6, 6.07) is 15.8. The molecule has 0 heterocycles. The predicted octanol–water partition coefficient (Wildman–Crippen LogP) is 3.85. The normalized spacial score (nSPS) is 10.1. The van der Waals surface area contributed by atoms with E-state index in [1.54, 1.807) is 0 Å². The van der Waals surface area contributed by atoms with Gasteiger partial charge < -0.3 is 9.47 Å². The zero-order chi connectivity index (χ0) is 12.8. The van der Waals surface area contributed by atoms with Crippen LogP contribution >= 0.6 is 0 Å². The molecule has 0 aliphatic carbocycles. The highest BCUT2D eigenvalue weighted by Crippen LogP contribution is 2.31. The summed E-state index contributed by atoms with van der Waals surface area (Å²) in [5, 5.41) is 0. The Hall–Kier alpha value is -1.96. The summed E-state index contributed by atoms with van der Waals surface area (Å²) in [7, 11) is 0. The fraction of sp³-hybridized carbons (Fsp3) is 0.188. The number of rotatable bonds is 5. The van der Waals surface area contributed by atoms with E-state index in [1.807, 2.05) is 55.5 Å². The van der Waals surface area contributed by atoms with Crippen molar-refractivity contribution in [3.05, 3.63) is 66.6 Å². The molecule has 2 nitrogen and oxygen atoms in total. The van der Waals surface area contributed by atoms with Crippen LogP contribution < -0.4 is 9.47 Å². The van der Waals surface area contributed by atoms with Crippen molar-refractivity contribution < 1.29 is 9.47 Å². The highest BCUT2D eigenvalue weighted by Gasteiger charge is 2.07. The maximum absolute atomic E-state index is 5.79. The number of ether oxygens (including phenoxy) is 2. The molecule has 2 aromatic carbocycles. The first-order valence-electron chi connectivity index (χ1n) is 6.05. The fourth-order valence-electron chi connectivity index (χ4n) is 1.72. The molecule has 0 N–H and O–H groups in total. The molecule has 0 atom stereocenters. The lowest BCUT2D eigenvalue weighted by Crippen LogP contribution is -2.00. The van der Waals surface area contributed by atoms with Gasteiger partial charge in [-0.25, -0.2) is 0 Å². The van der Waals surface area contributed by atoms with Crippen LogP contribution in [0.3, 0.4) is 0 Å². The molecule has 2 rings (SSSR count). The first kappa shape index (κ1) is 12.5. The molecule has 18 heavy (non-hydrogen) atoms. The molecule has 0 aliphatic heterocycles. The molecule has 0 saturated carbocycles. The van der Waals surface area contributed by atoms with Gasteiger partial charge in [-0.3, -0.25) is 0 Å². The Balaban J connectivity index is 2.11. The van der Waals surface area contributed by atoms with Crippen molar-refractivity contribution in [3.8, 4) is 11.5 Å². The Labute approximate surface area is 108 Å². The number of hydrogen-bond donors (Lipinski definition) is 0. The Morgan fingerprint density at radius 3 is 2.44 bits per heavy atom. The van der Waals surface area contributed by atoms with Gasteiger partial charge in [0.15, 0.2) is 11.5 Å². The maximum atomic E-state index is 5.79. The van der Waals surface area contributed by atoms with E-state index in [2.05, 4.69) is 6.92 Å². The standard InChI is InChI=1S/C16H17O2/c1-3-17-16-13(2)8-7-11-15(16)18-12-14-9-5-4-6-10-14/h4-11H,2-3,12H2,1H3. The molecular weight excluding hydrogens is 224 g/mol. The Morgan fingerprint density at radius 2 is 1.72 bits per heavy atom. The molecule has 2 heteroatoms. The average molecular weight is 241 g/mol. The second-order valence-corrected chi connectivity index (χ2v) is 3.95. The van der Waals surface area contributed by atoms with Crippen LogP contribution in [0.25, 0.3) is 0 Å². The number of hydrogen-bond acceptors (Lipinski definition) is 2. The van der Waals surface area contributed by atoms with Crippen molar-refractivity contribution in [2.75, 3.05) is 6.61 Å². The molecule has 93 valence electrons. The molecule has 1 radical (unpaired) electrons. The van der Waals surface area contributed by atoms with Crippen molar-refractivity contribution in [3.63, 3.8) is 0 Å². The van der Waals surface area contributed by atoms with E-state index in [1.165, 1.54) is 0 Å². The van der Waals surface area contributed by atoms with E-state index in [9.17, 15) is 0 Å². The van der Waals surface area contributed by atoms with Gasteiger partial charge in [-0.2, -0.15) is 0 Å². The van der Waals surface area contributed by atoms with E-state index >= 15 is 0 Å². The summed E-state index contributed by atoms with van der Waals surface area (Å²) in [5.74, 6) is 1.48. The lowest BCUT2D eigenvalue weighted by atomic mass is 10.2. The molecule has 0 saturated heterocycles. The number of benzene rings is 2. The van der Waals surface area contributed by atoms with Crippen molar-refractivity contribution in [2.45, 2.75) is 13.5 Å². The van der Waals surface area contributed by atoms with Crippen LogP contribution in [0.5, 0.6) is 11.5 Å². The van der Waals surface area contributed by atoms with Crippen LogP contribution in [0.4, 0.5) is 0 Å². The van der Waals surface area contributed by atoms with E-state index in [-0.39, 0.29) is 0 Å². The molecule has 0 aromatic heterocycles. The molecule has 0 spiro atoms. The number of para-hydroxylation sites is 1. The van der Waals surface area contributed by atoms with Crippen molar-refractivity contribution >= 4 is 0 Å². The first-order valence-corrected chi connectivity index (χ1v) is 6.05. The second-order valence-electron chi connectivity index (χ2n) is 3.95. The summed E-state index contributed by atoms with van der Waals surface area (Å²) >= 11 is 0. The molecule has 0 fully saturated rings. The minimum Gasteiger partial charge on any atom is -0.490 e. The minimum atomic E-state index is 0.532. The van der Waals surface area contributed by atoms with Gasteiger partial charge in [-0.05, 0) is 31.0 Å². The summed E-state index contributed by atoms with van der Waals surface area (Å²) < 4.78 is 11.4. The summed E-state index contributed by atoms with van der Waals surface area (Å²) in [6.07, 6.45) is 0. The molecule has 0 aliphatic rings. The molecular formula is C16H17O2. The van der Waals surface area contributed by atoms with Crippen LogP contribution in [0, 0.1) is 6.92 Å².